The van der Waals surface area contributed by atoms with E-state index < -0.39 is 36.4 Å². The molecule has 0 saturated carbocycles. The van der Waals surface area contributed by atoms with Gasteiger partial charge in [0.1, 0.15) is 23.4 Å². The van der Waals surface area contributed by atoms with Crippen LogP contribution in [0.2, 0.25) is 0 Å². The van der Waals surface area contributed by atoms with Crippen molar-refractivity contribution < 1.29 is 31.5 Å². The highest BCUT2D eigenvalue weighted by molar-refractivity contribution is 5.93. The maximum absolute atomic E-state index is 14.3. The number of amides is 1. The first kappa shape index (κ1) is 21.0. The number of hydrogen-bond acceptors (Lipinski definition) is 4. The number of ether oxygens (including phenoxy) is 1. The Morgan fingerprint density at radius 3 is 2.62 bits per heavy atom. The van der Waals surface area contributed by atoms with Crippen molar-refractivity contribution in [3.8, 4) is 17.0 Å². The number of carbonyl (C=O) groups is 1. The van der Waals surface area contributed by atoms with E-state index in [-0.39, 0.29) is 29.2 Å². The molecule has 29 heavy (non-hydrogen) atoms. The van der Waals surface area contributed by atoms with E-state index in [0.29, 0.717) is 24.5 Å². The summed E-state index contributed by atoms with van der Waals surface area (Å²) < 4.78 is 70.9. The monoisotopic (exact) mass is 415 g/mol. The highest BCUT2D eigenvalue weighted by atomic mass is 19.4. The first-order valence-electron chi connectivity index (χ1n) is 8.74. The number of carbonyl (C=O) groups excluding carboxylic acids is 1. The van der Waals surface area contributed by atoms with Gasteiger partial charge in [0.2, 0.25) is 5.88 Å². The molecular formula is C19H18F5N3O2. The molecular weight excluding hydrogens is 397 g/mol. The lowest BCUT2D eigenvalue weighted by Gasteiger charge is -2.30. The predicted molar refractivity (Wildman–Crippen MR) is 94.4 cm³/mol. The minimum Gasteiger partial charge on any atom is -0.473 e. The van der Waals surface area contributed by atoms with E-state index in [2.05, 4.69) is 4.98 Å². The molecule has 0 saturated heterocycles. The number of hydrogen-bond donors (Lipinski definition) is 1. The van der Waals surface area contributed by atoms with Gasteiger partial charge in [0, 0.05) is 23.7 Å². The summed E-state index contributed by atoms with van der Waals surface area (Å²) in [5.41, 5.74) is 5.92. The molecule has 0 fully saturated rings. The van der Waals surface area contributed by atoms with Crippen LogP contribution in [-0.2, 0) is 6.42 Å². The van der Waals surface area contributed by atoms with Gasteiger partial charge in [-0.1, -0.05) is 0 Å². The fraction of sp³-hybridized carbons (Fsp3) is 0.368. The Kier molecular flexibility index (Phi) is 5.74. The molecule has 1 amide bonds. The maximum Gasteiger partial charge on any atom is 0.401 e. The molecule has 0 aliphatic carbocycles. The van der Waals surface area contributed by atoms with Gasteiger partial charge < -0.3 is 10.5 Å². The number of nitrogens with zero attached hydrogens (tertiary/aromatic N) is 2. The summed E-state index contributed by atoms with van der Waals surface area (Å²) in [4.78, 5) is 16.8. The zero-order chi connectivity index (χ0) is 21.3. The Morgan fingerprint density at radius 1 is 1.28 bits per heavy atom. The third-order valence-electron chi connectivity index (χ3n) is 4.52. The van der Waals surface area contributed by atoms with Crippen LogP contribution in [0, 0.1) is 11.6 Å². The second-order valence-corrected chi connectivity index (χ2v) is 6.92. The number of primary amides is 1. The van der Waals surface area contributed by atoms with Crippen molar-refractivity contribution >= 4 is 5.91 Å². The summed E-state index contributed by atoms with van der Waals surface area (Å²) in [6.07, 6.45) is -4.25. The van der Waals surface area contributed by atoms with Crippen LogP contribution >= 0.6 is 0 Å². The summed E-state index contributed by atoms with van der Waals surface area (Å²) in [6, 6.07) is 4.32. The first-order valence-corrected chi connectivity index (χ1v) is 8.74. The van der Waals surface area contributed by atoms with E-state index in [0.717, 1.165) is 11.0 Å². The molecule has 0 radical (unpaired) electrons. The molecule has 2 heterocycles. The smallest absolute Gasteiger partial charge is 0.401 e. The number of aromatic nitrogens is 1. The van der Waals surface area contributed by atoms with Crippen molar-refractivity contribution in [2.75, 3.05) is 20.1 Å². The Bertz CT molecular complexity index is 933. The van der Waals surface area contributed by atoms with Gasteiger partial charge in [-0.15, -0.1) is 0 Å². The molecule has 2 N–H and O–H groups in total. The van der Waals surface area contributed by atoms with Gasteiger partial charge in [-0.2, -0.15) is 13.2 Å². The van der Waals surface area contributed by atoms with Crippen molar-refractivity contribution in [1.82, 2.24) is 9.88 Å². The molecule has 2 aromatic rings. The number of fused-ring (bicyclic) bond motifs is 1. The molecule has 1 aromatic heterocycles. The van der Waals surface area contributed by atoms with Gasteiger partial charge in [0.05, 0.1) is 6.54 Å². The molecule has 0 spiro atoms. The van der Waals surface area contributed by atoms with Crippen LogP contribution in [0.3, 0.4) is 0 Å². The maximum atomic E-state index is 14.3. The Morgan fingerprint density at radius 2 is 2.00 bits per heavy atom. The SMILES string of the molecule is CN(C[C@H]1CCc2c(-c3ccc(F)cc3F)cc(C(N)=O)nc2O1)CC(F)(F)F. The van der Waals surface area contributed by atoms with Crippen LogP contribution in [0.15, 0.2) is 24.3 Å². The van der Waals surface area contributed by atoms with Gasteiger partial charge in [-0.25, -0.2) is 13.8 Å². The fourth-order valence-corrected chi connectivity index (χ4v) is 3.33. The number of nitrogens with two attached hydrogens (primary N) is 1. The molecule has 5 nitrogen and oxygen atoms in total. The number of halogens is 5. The number of alkyl halides is 3. The molecule has 1 atom stereocenters. The Labute approximate surface area is 163 Å². The Balaban J connectivity index is 1.93. The molecule has 1 aliphatic heterocycles. The van der Waals surface area contributed by atoms with Crippen LogP contribution < -0.4 is 10.5 Å². The zero-order valence-electron chi connectivity index (χ0n) is 15.4. The van der Waals surface area contributed by atoms with Crippen LogP contribution in [0.5, 0.6) is 5.88 Å². The van der Waals surface area contributed by atoms with Crippen LogP contribution in [0.25, 0.3) is 11.1 Å². The van der Waals surface area contributed by atoms with E-state index in [1.807, 2.05) is 0 Å². The highest BCUT2D eigenvalue weighted by Gasteiger charge is 2.32. The topological polar surface area (TPSA) is 68.5 Å². The van der Waals surface area contributed by atoms with E-state index in [1.165, 1.54) is 19.2 Å². The van der Waals surface area contributed by atoms with Crippen LogP contribution in [0.4, 0.5) is 22.0 Å². The summed E-state index contributed by atoms with van der Waals surface area (Å²) in [7, 11) is 1.32. The van der Waals surface area contributed by atoms with Gasteiger partial charge in [-0.3, -0.25) is 9.69 Å². The van der Waals surface area contributed by atoms with Crippen LogP contribution in [0.1, 0.15) is 22.5 Å². The lowest BCUT2D eigenvalue weighted by molar-refractivity contribution is -0.145. The van der Waals surface area contributed by atoms with E-state index in [9.17, 15) is 26.7 Å². The van der Waals surface area contributed by atoms with Gasteiger partial charge in [0.25, 0.3) is 5.91 Å². The lowest BCUT2D eigenvalue weighted by atomic mass is 9.93. The van der Waals surface area contributed by atoms with E-state index in [1.54, 1.807) is 0 Å². The predicted octanol–water partition coefficient (Wildman–Crippen LogP) is 3.31. The summed E-state index contributed by atoms with van der Waals surface area (Å²) in [6.45, 7) is -1.11. The molecule has 1 aliphatic rings. The zero-order valence-corrected chi connectivity index (χ0v) is 15.4. The Hall–Kier alpha value is -2.75. The van der Waals surface area contributed by atoms with Gasteiger partial charge in [-0.05, 0) is 43.7 Å². The third kappa shape index (κ3) is 5.00. The fourth-order valence-electron chi connectivity index (χ4n) is 3.33. The third-order valence-corrected chi connectivity index (χ3v) is 4.52. The van der Waals surface area contributed by atoms with E-state index >= 15 is 0 Å². The normalized spacial score (nSPS) is 16.4. The minimum absolute atomic E-state index is 0.0108. The van der Waals surface area contributed by atoms with Gasteiger partial charge in [0.15, 0.2) is 0 Å². The number of pyridine rings is 1. The van der Waals surface area contributed by atoms with E-state index in [4.69, 9.17) is 10.5 Å². The van der Waals surface area contributed by atoms with Crippen molar-refractivity contribution in [3.63, 3.8) is 0 Å². The molecule has 1 aromatic carbocycles. The molecule has 156 valence electrons. The standard InChI is InChI=1S/C19H18F5N3O2/c1-27(9-19(22,23)24)8-11-3-5-13-14(12-4-2-10(20)6-15(12)21)7-16(17(25)28)26-18(13)29-11/h2,4,6-7,11H,3,5,8-9H2,1H3,(H2,25,28)/t11-/m1/s1. The van der Waals surface area contributed by atoms with Crippen molar-refractivity contribution in [2.24, 2.45) is 5.73 Å². The average molecular weight is 415 g/mol. The molecule has 3 rings (SSSR count). The summed E-state index contributed by atoms with van der Waals surface area (Å²) in [5, 5.41) is 0. The highest BCUT2D eigenvalue weighted by Crippen LogP contribution is 2.36. The van der Waals surface area contributed by atoms with Gasteiger partial charge >= 0.3 is 6.18 Å². The summed E-state index contributed by atoms with van der Waals surface area (Å²) in [5.74, 6) is -2.46. The molecule has 10 heteroatoms. The number of likely N-dealkylation sites (N-methyl/N-ethyl adjacent to an activating group) is 1. The average Bonchev–Trinajstić information content (AvgIpc) is 2.59. The minimum atomic E-state index is -4.34. The second-order valence-electron chi connectivity index (χ2n) is 6.92. The number of benzene rings is 1. The molecule has 0 bridgehead atoms. The first-order chi connectivity index (χ1) is 13.5. The van der Waals surface area contributed by atoms with Crippen LogP contribution in [-0.4, -0.2) is 48.2 Å². The summed E-state index contributed by atoms with van der Waals surface area (Å²) >= 11 is 0. The van der Waals surface area contributed by atoms with Crippen molar-refractivity contribution in [3.05, 3.63) is 47.2 Å². The van der Waals surface area contributed by atoms with Crippen molar-refractivity contribution in [1.29, 1.82) is 0 Å². The number of rotatable bonds is 5. The molecule has 0 unspecified atom stereocenters. The largest absolute Gasteiger partial charge is 0.473 e. The lowest BCUT2D eigenvalue weighted by Crippen LogP contribution is -2.40. The van der Waals surface area contributed by atoms with Crippen molar-refractivity contribution in [2.45, 2.75) is 25.1 Å². The quantitative estimate of drug-likeness (QED) is 0.761. The second kappa shape index (κ2) is 7.94.